The van der Waals surface area contributed by atoms with E-state index >= 15 is 0 Å². The highest BCUT2D eigenvalue weighted by molar-refractivity contribution is 6.74. The van der Waals surface area contributed by atoms with Crippen LogP contribution in [0.15, 0.2) is 36.4 Å². The summed E-state index contributed by atoms with van der Waals surface area (Å²) in [6, 6.07) is 9.29. The summed E-state index contributed by atoms with van der Waals surface area (Å²) in [5.74, 6) is 0.611. The van der Waals surface area contributed by atoms with E-state index in [1.54, 1.807) is 0 Å². The molecule has 3 rings (SSSR count). The van der Waals surface area contributed by atoms with Crippen LogP contribution >= 0.6 is 0 Å². The molecule has 0 spiro atoms. The number of carbonyl (C=O) groups excluding carboxylic acids is 1. The zero-order chi connectivity index (χ0) is 33.6. The van der Waals surface area contributed by atoms with Crippen molar-refractivity contribution in [1.82, 2.24) is 0 Å². The van der Waals surface area contributed by atoms with E-state index in [0.717, 1.165) is 19.3 Å². The van der Waals surface area contributed by atoms with Gasteiger partial charge < -0.3 is 18.7 Å². The molecule has 45 heavy (non-hydrogen) atoms. The molecule has 0 saturated heterocycles. The molecule has 0 radical (unpaired) electrons. The van der Waals surface area contributed by atoms with Gasteiger partial charge in [-0.15, -0.1) is 0 Å². The quantitative estimate of drug-likeness (QED) is 0.0989. The molecule has 1 N–H and O–H groups in total. The average molecular weight is 659 g/mol. The van der Waals surface area contributed by atoms with Crippen LogP contribution in [0.25, 0.3) is 0 Å². The first-order valence-corrected chi connectivity index (χ1v) is 23.5. The lowest BCUT2D eigenvalue weighted by Crippen LogP contribution is -2.44. The Hall–Kier alpha value is -1.26. The Labute approximate surface area is 278 Å². The maximum absolute atomic E-state index is 11.5. The second kappa shape index (κ2) is 15.8. The van der Waals surface area contributed by atoms with E-state index < -0.39 is 22.7 Å². The zero-order valence-electron chi connectivity index (χ0n) is 30.6. The van der Waals surface area contributed by atoms with Gasteiger partial charge in [-0.25, -0.2) is 0 Å². The Balaban J connectivity index is 1.90. The second-order valence-electron chi connectivity index (χ2n) is 16.9. The summed E-state index contributed by atoms with van der Waals surface area (Å²) in [5.41, 5.74) is 2.57. The summed E-state index contributed by atoms with van der Waals surface area (Å²) in [6.45, 7) is 23.3. The summed E-state index contributed by atoms with van der Waals surface area (Å²) < 4.78 is 19.1. The summed E-state index contributed by atoms with van der Waals surface area (Å²) in [5, 5.41) is 11.7. The van der Waals surface area contributed by atoms with Crippen molar-refractivity contribution in [3.8, 4) is 0 Å². The first-order valence-electron chi connectivity index (χ1n) is 17.7. The van der Waals surface area contributed by atoms with Crippen molar-refractivity contribution in [3.63, 3.8) is 0 Å². The third kappa shape index (κ3) is 10.1. The first kappa shape index (κ1) is 38.2. The molecule has 7 heteroatoms. The van der Waals surface area contributed by atoms with Gasteiger partial charge in [0.2, 0.25) is 0 Å². The average Bonchev–Trinajstić information content (AvgIpc) is 3.26. The summed E-state index contributed by atoms with van der Waals surface area (Å²) in [7, 11) is -2.58. The molecule has 0 aromatic heterocycles. The van der Waals surface area contributed by atoms with Gasteiger partial charge in [0.05, 0.1) is 25.4 Å². The number of methoxy groups -OCH3 is 1. The van der Waals surface area contributed by atoms with Crippen LogP contribution in [0.2, 0.25) is 36.3 Å². The van der Waals surface area contributed by atoms with E-state index in [4.69, 9.17) is 13.6 Å². The minimum atomic E-state index is -2.05. The number of aliphatic hydroxyl groups excluding tert-OH is 1. The van der Waals surface area contributed by atoms with Gasteiger partial charge in [-0.2, -0.15) is 0 Å². The van der Waals surface area contributed by atoms with E-state index in [0.29, 0.717) is 18.8 Å². The highest BCUT2D eigenvalue weighted by atomic mass is 28.4. The number of aliphatic hydroxyl groups is 1. The Kier molecular flexibility index (Phi) is 13.4. The third-order valence-corrected chi connectivity index (χ3v) is 20.6. The van der Waals surface area contributed by atoms with Crippen LogP contribution in [0.3, 0.4) is 0 Å². The van der Waals surface area contributed by atoms with Crippen LogP contribution < -0.4 is 0 Å². The molecule has 256 valence electrons. The van der Waals surface area contributed by atoms with E-state index in [2.05, 4.69) is 104 Å². The second-order valence-corrected chi connectivity index (χ2v) is 26.5. The van der Waals surface area contributed by atoms with Crippen LogP contribution in [0.4, 0.5) is 0 Å². The minimum absolute atomic E-state index is 0.0120. The lowest BCUT2D eigenvalue weighted by molar-refractivity contribution is -0.140. The molecule has 1 aromatic rings. The van der Waals surface area contributed by atoms with Crippen molar-refractivity contribution in [1.29, 1.82) is 0 Å². The van der Waals surface area contributed by atoms with Crippen LogP contribution in [0.1, 0.15) is 129 Å². The van der Waals surface area contributed by atoms with Crippen LogP contribution in [0.5, 0.6) is 0 Å². The SMILES string of the molecule is COC(=O)CCCC=CC[C@@H]1[C@@H](c2ccc(C(O[Si](C)(C)C(C)(C)C)C3CCCCC3)cc2)[C@H](O[Si](C)(C)C(C)(C)C)C[C@@H]1O. The maximum atomic E-state index is 11.5. The fourth-order valence-corrected chi connectivity index (χ4v) is 9.30. The van der Waals surface area contributed by atoms with Gasteiger partial charge in [-0.1, -0.05) is 97.2 Å². The number of hydrogen-bond donors (Lipinski definition) is 1. The number of unbranched alkanes of at least 4 members (excludes halogenated alkanes) is 1. The molecule has 2 aliphatic carbocycles. The number of esters is 1. The van der Waals surface area contributed by atoms with Gasteiger partial charge >= 0.3 is 5.97 Å². The minimum Gasteiger partial charge on any atom is -0.469 e. The van der Waals surface area contributed by atoms with Crippen LogP contribution in [-0.4, -0.2) is 47.0 Å². The fraction of sp³-hybridized carbons (Fsp3) is 0.763. The van der Waals surface area contributed by atoms with E-state index in [1.165, 1.54) is 50.3 Å². The summed E-state index contributed by atoms with van der Waals surface area (Å²) in [4.78, 5) is 11.5. The van der Waals surface area contributed by atoms with Crippen molar-refractivity contribution in [2.75, 3.05) is 7.11 Å². The van der Waals surface area contributed by atoms with Gasteiger partial charge in [0.1, 0.15) is 0 Å². The standard InChI is InChI=1S/C38H66O5Si2/c1-37(2,3)44(8,9)42-33-27-32(39)31(21-17-12-13-18-22-34(40)41-7)35(33)28-23-25-30(26-24-28)36(29-19-15-14-16-20-29)43-45(10,11)38(4,5)6/h12,17,23-26,29,31-33,35-36,39H,13-16,18-22,27H2,1-11H3/t31-,32-,33+,35+,36?/m0/s1. The molecule has 2 fully saturated rings. The van der Waals surface area contributed by atoms with E-state index in [9.17, 15) is 9.90 Å². The number of carbonyl (C=O) groups is 1. The molecule has 2 saturated carbocycles. The molecule has 1 unspecified atom stereocenters. The van der Waals surface area contributed by atoms with Gasteiger partial charge in [-0.05, 0) is 97.8 Å². The Morgan fingerprint density at radius 1 is 0.933 bits per heavy atom. The summed E-state index contributed by atoms with van der Waals surface area (Å²) >= 11 is 0. The third-order valence-electron chi connectivity index (χ3n) is 11.6. The van der Waals surface area contributed by atoms with Crippen molar-refractivity contribution < 1.29 is 23.5 Å². The summed E-state index contributed by atoms with van der Waals surface area (Å²) in [6.07, 6.45) is 14.0. The Bertz CT molecular complexity index is 1090. The van der Waals surface area contributed by atoms with E-state index in [1.807, 2.05) is 0 Å². The molecular formula is C38H66O5Si2. The number of rotatable bonds is 13. The molecule has 0 heterocycles. The molecule has 5 atom stereocenters. The van der Waals surface area contributed by atoms with Gasteiger partial charge in [-0.3, -0.25) is 4.79 Å². The molecular weight excluding hydrogens is 593 g/mol. The highest BCUT2D eigenvalue weighted by Gasteiger charge is 2.48. The van der Waals surface area contributed by atoms with Crippen molar-refractivity contribution in [3.05, 3.63) is 47.5 Å². The lowest BCUT2D eigenvalue weighted by atomic mass is 9.81. The first-order chi connectivity index (χ1) is 20.9. The van der Waals surface area contributed by atoms with Crippen molar-refractivity contribution in [2.45, 2.75) is 166 Å². The predicted octanol–water partition coefficient (Wildman–Crippen LogP) is 10.5. The topological polar surface area (TPSA) is 65.0 Å². The molecule has 5 nitrogen and oxygen atoms in total. The fourth-order valence-electron chi connectivity index (χ4n) is 6.63. The predicted molar refractivity (Wildman–Crippen MR) is 193 cm³/mol. The molecule has 1 aromatic carbocycles. The van der Waals surface area contributed by atoms with Gasteiger partial charge in [0.25, 0.3) is 0 Å². The molecule has 0 amide bonds. The molecule has 0 bridgehead atoms. The van der Waals surface area contributed by atoms with Crippen molar-refractivity contribution in [2.24, 2.45) is 11.8 Å². The van der Waals surface area contributed by atoms with E-state index in [-0.39, 0.29) is 40.1 Å². The van der Waals surface area contributed by atoms with Crippen molar-refractivity contribution >= 4 is 22.6 Å². The number of hydrogen-bond acceptors (Lipinski definition) is 5. The maximum Gasteiger partial charge on any atom is 0.305 e. The molecule has 2 aliphatic rings. The van der Waals surface area contributed by atoms with Crippen LogP contribution in [-0.2, 0) is 18.4 Å². The zero-order valence-corrected chi connectivity index (χ0v) is 32.6. The highest BCUT2D eigenvalue weighted by Crippen LogP contribution is 2.49. The smallest absolute Gasteiger partial charge is 0.305 e. The Morgan fingerprint density at radius 2 is 1.53 bits per heavy atom. The van der Waals surface area contributed by atoms with Gasteiger partial charge in [0.15, 0.2) is 16.6 Å². The number of allylic oxidation sites excluding steroid dienone is 2. The number of ether oxygens (including phenoxy) is 1. The van der Waals surface area contributed by atoms with Crippen LogP contribution in [0, 0.1) is 11.8 Å². The largest absolute Gasteiger partial charge is 0.469 e. The monoisotopic (exact) mass is 658 g/mol. The Morgan fingerprint density at radius 3 is 2.09 bits per heavy atom. The normalized spacial score (nSPS) is 24.7. The number of benzene rings is 1. The molecule has 0 aliphatic heterocycles. The van der Waals surface area contributed by atoms with Gasteiger partial charge in [0, 0.05) is 12.3 Å². The lowest BCUT2D eigenvalue weighted by Gasteiger charge is -2.42.